The Hall–Kier alpha value is -0.820. The number of hydrogen-bond acceptors (Lipinski definition) is 1. The van der Waals surface area contributed by atoms with E-state index in [1.54, 1.807) is 0 Å². The van der Waals surface area contributed by atoms with Crippen LogP contribution in [-0.2, 0) is 4.74 Å². The summed E-state index contributed by atoms with van der Waals surface area (Å²) in [4.78, 5) is 0. The summed E-state index contributed by atoms with van der Waals surface area (Å²) < 4.78 is 5.62. The molecule has 1 aromatic carbocycles. The zero-order valence-electron chi connectivity index (χ0n) is 8.79. The summed E-state index contributed by atoms with van der Waals surface area (Å²) in [6.45, 7) is 4.38. The van der Waals surface area contributed by atoms with E-state index in [9.17, 15) is 0 Å². The van der Waals surface area contributed by atoms with Gasteiger partial charge in [0.15, 0.2) is 0 Å². The molecule has 14 heavy (non-hydrogen) atoms. The molecule has 74 valence electrons. The molecule has 1 heterocycles. The van der Waals surface area contributed by atoms with Gasteiger partial charge in [0.2, 0.25) is 0 Å². The van der Waals surface area contributed by atoms with Crippen molar-refractivity contribution in [3.8, 4) is 0 Å². The first-order valence-corrected chi connectivity index (χ1v) is 5.42. The summed E-state index contributed by atoms with van der Waals surface area (Å²) in [5.74, 6) is 0.736. The van der Waals surface area contributed by atoms with Gasteiger partial charge in [0.1, 0.15) is 0 Å². The molecule has 3 atom stereocenters. The van der Waals surface area contributed by atoms with Crippen LogP contribution in [0.2, 0.25) is 0 Å². The van der Waals surface area contributed by atoms with E-state index >= 15 is 0 Å². The maximum absolute atomic E-state index is 5.62. The third-order valence-electron chi connectivity index (χ3n) is 3.73. The summed E-state index contributed by atoms with van der Waals surface area (Å²) >= 11 is 0. The third kappa shape index (κ3) is 1.19. The van der Waals surface area contributed by atoms with Gasteiger partial charge in [-0.15, -0.1) is 0 Å². The number of benzene rings is 1. The fraction of sp³-hybridized carbons (Fsp3) is 0.538. The number of epoxide rings is 1. The lowest BCUT2D eigenvalue weighted by atomic mass is 9.95. The quantitative estimate of drug-likeness (QED) is 0.617. The average molecular weight is 188 g/mol. The SMILES string of the molecule is Cc1ccc([C@H]2C[C@@H]3OC3(C)C2)cc1. The molecule has 0 aromatic heterocycles. The van der Waals surface area contributed by atoms with E-state index in [1.165, 1.54) is 24.0 Å². The molecule has 1 aromatic rings. The van der Waals surface area contributed by atoms with Crippen LogP contribution in [0, 0.1) is 6.92 Å². The van der Waals surface area contributed by atoms with Gasteiger partial charge in [0.25, 0.3) is 0 Å². The van der Waals surface area contributed by atoms with Gasteiger partial charge in [0.05, 0.1) is 11.7 Å². The Kier molecular flexibility index (Phi) is 1.58. The number of fused-ring (bicyclic) bond motifs is 1. The summed E-state index contributed by atoms with van der Waals surface area (Å²) in [5, 5.41) is 0. The first-order valence-electron chi connectivity index (χ1n) is 5.42. The van der Waals surface area contributed by atoms with Gasteiger partial charge in [-0.1, -0.05) is 29.8 Å². The Bertz CT molecular complexity index is 354. The van der Waals surface area contributed by atoms with E-state index in [4.69, 9.17) is 4.74 Å². The number of aryl methyl sites for hydroxylation is 1. The molecular formula is C13H16O. The van der Waals surface area contributed by atoms with Crippen LogP contribution in [0.25, 0.3) is 0 Å². The van der Waals surface area contributed by atoms with Gasteiger partial charge in [-0.25, -0.2) is 0 Å². The van der Waals surface area contributed by atoms with Gasteiger partial charge in [0, 0.05) is 0 Å². The van der Waals surface area contributed by atoms with Crippen molar-refractivity contribution in [2.45, 2.75) is 44.3 Å². The summed E-state index contributed by atoms with van der Waals surface area (Å²) in [7, 11) is 0. The molecule has 1 aliphatic heterocycles. The van der Waals surface area contributed by atoms with Crippen LogP contribution < -0.4 is 0 Å². The standard InChI is InChI=1S/C13H16O/c1-9-3-5-10(6-4-9)11-7-12-13(2,8-11)14-12/h3-6,11-12H,7-8H2,1-2H3/t11-,12-,13?/m0/s1. The molecule has 0 bridgehead atoms. The highest BCUT2D eigenvalue weighted by molar-refractivity contribution is 5.28. The molecule has 1 saturated carbocycles. The maximum atomic E-state index is 5.62. The van der Waals surface area contributed by atoms with Crippen LogP contribution in [0.1, 0.15) is 36.8 Å². The molecule has 2 aliphatic rings. The van der Waals surface area contributed by atoms with Crippen LogP contribution in [0.3, 0.4) is 0 Å². The molecule has 2 fully saturated rings. The fourth-order valence-electron chi connectivity index (χ4n) is 2.69. The van der Waals surface area contributed by atoms with Gasteiger partial charge in [-0.3, -0.25) is 0 Å². The van der Waals surface area contributed by atoms with Crippen molar-refractivity contribution in [2.24, 2.45) is 0 Å². The number of ether oxygens (including phenoxy) is 1. The van der Waals surface area contributed by atoms with Crippen LogP contribution in [-0.4, -0.2) is 11.7 Å². The first-order chi connectivity index (χ1) is 6.67. The topological polar surface area (TPSA) is 12.5 Å². The van der Waals surface area contributed by atoms with Crippen LogP contribution in [0.15, 0.2) is 24.3 Å². The molecule has 1 saturated heterocycles. The second-order valence-electron chi connectivity index (χ2n) is 4.97. The fourth-order valence-corrected chi connectivity index (χ4v) is 2.69. The minimum atomic E-state index is 0.232. The molecule has 1 heteroatoms. The summed E-state index contributed by atoms with van der Waals surface area (Å²) in [6.07, 6.45) is 2.98. The molecular weight excluding hydrogens is 172 g/mol. The lowest BCUT2D eigenvalue weighted by Gasteiger charge is -2.13. The third-order valence-corrected chi connectivity index (χ3v) is 3.73. The molecule has 0 amide bonds. The van der Waals surface area contributed by atoms with Crippen molar-refractivity contribution in [1.29, 1.82) is 0 Å². The highest BCUT2D eigenvalue weighted by Crippen LogP contribution is 2.55. The van der Waals surface area contributed by atoms with E-state index in [-0.39, 0.29) is 5.60 Å². The zero-order chi connectivity index (χ0) is 9.76. The molecule has 1 aliphatic carbocycles. The average Bonchev–Trinajstić information content (AvgIpc) is 2.66. The number of hydrogen-bond donors (Lipinski definition) is 0. The van der Waals surface area contributed by atoms with Gasteiger partial charge in [-0.2, -0.15) is 0 Å². The van der Waals surface area contributed by atoms with Crippen molar-refractivity contribution >= 4 is 0 Å². The van der Waals surface area contributed by atoms with Crippen LogP contribution in [0.4, 0.5) is 0 Å². The van der Waals surface area contributed by atoms with Crippen molar-refractivity contribution in [2.75, 3.05) is 0 Å². The van der Waals surface area contributed by atoms with Crippen LogP contribution in [0.5, 0.6) is 0 Å². The molecule has 1 nitrogen and oxygen atoms in total. The Morgan fingerprint density at radius 2 is 2.00 bits per heavy atom. The van der Waals surface area contributed by atoms with E-state index in [1.807, 2.05) is 0 Å². The molecule has 0 N–H and O–H groups in total. The van der Waals surface area contributed by atoms with Crippen molar-refractivity contribution in [3.05, 3.63) is 35.4 Å². The first kappa shape index (κ1) is 8.49. The Labute approximate surface area is 85.1 Å². The highest BCUT2D eigenvalue weighted by atomic mass is 16.6. The molecule has 1 unspecified atom stereocenters. The van der Waals surface area contributed by atoms with Gasteiger partial charge < -0.3 is 4.74 Å². The Morgan fingerprint density at radius 3 is 2.57 bits per heavy atom. The van der Waals surface area contributed by atoms with E-state index in [0.29, 0.717) is 6.10 Å². The van der Waals surface area contributed by atoms with Gasteiger partial charge in [-0.05, 0) is 38.2 Å². The summed E-state index contributed by atoms with van der Waals surface area (Å²) in [5.41, 5.74) is 3.07. The highest BCUT2D eigenvalue weighted by Gasteiger charge is 2.59. The van der Waals surface area contributed by atoms with Crippen LogP contribution >= 0.6 is 0 Å². The maximum Gasteiger partial charge on any atom is 0.0926 e. The smallest absolute Gasteiger partial charge is 0.0926 e. The molecule has 0 radical (unpaired) electrons. The van der Waals surface area contributed by atoms with E-state index in [0.717, 1.165) is 5.92 Å². The predicted octanol–water partition coefficient (Wildman–Crippen LogP) is 3.03. The molecule has 0 spiro atoms. The van der Waals surface area contributed by atoms with E-state index in [2.05, 4.69) is 38.1 Å². The van der Waals surface area contributed by atoms with E-state index < -0.39 is 0 Å². The normalized spacial score (nSPS) is 39.6. The second kappa shape index (κ2) is 2.60. The summed E-state index contributed by atoms with van der Waals surface area (Å²) in [6, 6.07) is 8.97. The lowest BCUT2D eigenvalue weighted by molar-refractivity contribution is 0.250. The second-order valence-corrected chi connectivity index (χ2v) is 4.97. The van der Waals surface area contributed by atoms with Crippen molar-refractivity contribution < 1.29 is 4.74 Å². The Balaban J connectivity index is 1.81. The Morgan fingerprint density at radius 1 is 1.29 bits per heavy atom. The lowest BCUT2D eigenvalue weighted by Crippen LogP contribution is -2.04. The predicted molar refractivity (Wildman–Crippen MR) is 56.4 cm³/mol. The van der Waals surface area contributed by atoms with Crippen molar-refractivity contribution in [1.82, 2.24) is 0 Å². The number of rotatable bonds is 1. The zero-order valence-corrected chi connectivity index (χ0v) is 8.79. The minimum absolute atomic E-state index is 0.232. The molecule has 3 rings (SSSR count). The minimum Gasteiger partial charge on any atom is -0.366 e. The van der Waals surface area contributed by atoms with Gasteiger partial charge >= 0.3 is 0 Å². The monoisotopic (exact) mass is 188 g/mol. The van der Waals surface area contributed by atoms with Crippen molar-refractivity contribution in [3.63, 3.8) is 0 Å². The largest absolute Gasteiger partial charge is 0.366 e.